The minimum atomic E-state index is -1.36. The van der Waals surface area contributed by atoms with Crippen molar-refractivity contribution in [1.29, 1.82) is 0 Å². The summed E-state index contributed by atoms with van der Waals surface area (Å²) in [6.45, 7) is 13.6. The fourth-order valence-corrected chi connectivity index (χ4v) is 4.96. The number of benzene rings is 3. The van der Waals surface area contributed by atoms with Gasteiger partial charge < -0.3 is 15.0 Å². The van der Waals surface area contributed by atoms with E-state index in [0.717, 1.165) is 0 Å². The molecule has 3 rings (SSSR count). The number of carbonyl (C=O) groups is 1. The van der Waals surface area contributed by atoms with Gasteiger partial charge >= 0.3 is 21.2 Å². The van der Waals surface area contributed by atoms with Crippen molar-refractivity contribution >= 4 is 5.97 Å². The molecule has 4 heteroatoms. The molecule has 0 aliphatic carbocycles. The zero-order valence-electron chi connectivity index (χ0n) is 19.1. The van der Waals surface area contributed by atoms with E-state index in [1.54, 1.807) is 6.07 Å². The fourth-order valence-electron chi connectivity index (χ4n) is 2.80. The van der Waals surface area contributed by atoms with Gasteiger partial charge in [0.1, 0.15) is 5.75 Å². The number of rotatable bonds is 3. The molecule has 0 bridgehead atoms. The summed E-state index contributed by atoms with van der Waals surface area (Å²) in [5, 5.41) is 19.0. The summed E-state index contributed by atoms with van der Waals surface area (Å²) in [7, 11) is 0. The lowest BCUT2D eigenvalue weighted by Gasteiger charge is -2.18. The molecule has 0 fully saturated rings. The standard InChI is InChI=1S/C20H26I.C7H6O3/c1-19(2,3)15-7-11-17(12-8-15)21-18-13-9-16(10-14-18)20(4,5)6;8-6-4-2-1-3-5(6)7(9)10/h7-14H,1-6H3;1-4,8H,(H,9,10)/q+1;/p-1. The first-order valence-corrected chi connectivity index (χ1v) is 12.4. The predicted octanol–water partition coefficient (Wildman–Crippen LogP) is 2.17. The maximum Gasteiger partial charge on any atom is 0.357 e. The van der Waals surface area contributed by atoms with E-state index in [1.165, 1.54) is 36.5 Å². The fraction of sp³-hybridized carbons (Fsp3) is 0.296. The molecule has 31 heavy (non-hydrogen) atoms. The Morgan fingerprint density at radius 3 is 1.39 bits per heavy atom. The number of hydrogen-bond donors (Lipinski definition) is 1. The number of hydrogen-bond acceptors (Lipinski definition) is 3. The van der Waals surface area contributed by atoms with E-state index in [-0.39, 0.29) is 43.3 Å². The van der Waals surface area contributed by atoms with Gasteiger partial charge in [-0.15, -0.1) is 0 Å². The van der Waals surface area contributed by atoms with Gasteiger partial charge in [-0.25, -0.2) is 0 Å². The molecule has 1 N–H and O–H groups in total. The highest BCUT2D eigenvalue weighted by atomic mass is 127. The molecule has 3 aromatic carbocycles. The molecule has 0 saturated carbocycles. The second-order valence-corrected chi connectivity index (χ2v) is 12.4. The van der Waals surface area contributed by atoms with Crippen LogP contribution in [-0.4, -0.2) is 11.1 Å². The molecule has 3 aromatic rings. The third-order valence-corrected chi connectivity index (χ3v) is 7.45. The zero-order chi connectivity index (χ0) is 23.2. The highest BCUT2D eigenvalue weighted by molar-refractivity contribution is 5.88. The summed E-state index contributed by atoms with van der Waals surface area (Å²) >= 11 is -0.0703. The molecule has 0 atom stereocenters. The third kappa shape index (κ3) is 7.69. The minimum absolute atomic E-state index is 0.0703. The Morgan fingerprint density at radius 1 is 0.710 bits per heavy atom. The Morgan fingerprint density at radius 2 is 1.10 bits per heavy atom. The zero-order valence-corrected chi connectivity index (χ0v) is 21.2. The van der Waals surface area contributed by atoms with Crippen LogP contribution in [0.15, 0.2) is 72.8 Å². The van der Waals surface area contributed by atoms with Crippen molar-refractivity contribution in [3.8, 4) is 5.75 Å². The summed E-state index contributed by atoms with van der Waals surface area (Å²) < 4.78 is 2.98. The minimum Gasteiger partial charge on any atom is -0.545 e. The van der Waals surface area contributed by atoms with Crippen molar-refractivity contribution < 1.29 is 36.2 Å². The molecule has 0 heterocycles. The van der Waals surface area contributed by atoms with Gasteiger partial charge in [-0.05, 0) is 58.4 Å². The number of para-hydroxylation sites is 1. The molecular weight excluding hydrogens is 499 g/mol. The molecular formula is C27H31IO3. The number of aromatic carboxylic acids is 1. The third-order valence-electron chi connectivity index (χ3n) is 4.76. The first kappa shape index (κ1) is 24.9. The van der Waals surface area contributed by atoms with Gasteiger partial charge in [0.15, 0.2) is 7.14 Å². The van der Waals surface area contributed by atoms with E-state index in [4.69, 9.17) is 5.11 Å². The van der Waals surface area contributed by atoms with E-state index in [9.17, 15) is 9.90 Å². The maximum atomic E-state index is 10.2. The highest BCUT2D eigenvalue weighted by Gasteiger charge is 2.20. The quantitative estimate of drug-likeness (QED) is 0.529. The van der Waals surface area contributed by atoms with Crippen molar-refractivity contribution in [3.63, 3.8) is 0 Å². The maximum absolute atomic E-state index is 10.2. The molecule has 0 amide bonds. The van der Waals surface area contributed by atoms with Crippen LogP contribution in [0.25, 0.3) is 0 Å². The van der Waals surface area contributed by atoms with Crippen molar-refractivity contribution in [3.05, 3.63) is 96.6 Å². The lowest BCUT2D eigenvalue weighted by molar-refractivity contribution is -0.597. The summed E-state index contributed by atoms with van der Waals surface area (Å²) in [6, 6.07) is 24.0. The van der Waals surface area contributed by atoms with Gasteiger partial charge in [0, 0.05) is 5.56 Å². The van der Waals surface area contributed by atoms with Crippen LogP contribution in [0, 0.1) is 7.14 Å². The van der Waals surface area contributed by atoms with Gasteiger partial charge in [0.25, 0.3) is 0 Å². The van der Waals surface area contributed by atoms with Gasteiger partial charge in [-0.2, -0.15) is 0 Å². The molecule has 164 valence electrons. The highest BCUT2D eigenvalue weighted by Crippen LogP contribution is 2.22. The predicted molar refractivity (Wildman–Crippen MR) is 120 cm³/mol. The van der Waals surface area contributed by atoms with Gasteiger partial charge in [0.05, 0.1) is 5.97 Å². The first-order chi connectivity index (χ1) is 14.4. The van der Waals surface area contributed by atoms with Crippen LogP contribution < -0.4 is 26.3 Å². The monoisotopic (exact) mass is 530 g/mol. The van der Waals surface area contributed by atoms with E-state index >= 15 is 0 Å². The Kier molecular flexibility index (Phi) is 8.29. The molecule has 0 spiro atoms. The Balaban J connectivity index is 0.000000285. The van der Waals surface area contributed by atoms with E-state index in [2.05, 4.69) is 90.1 Å². The molecule has 0 aromatic heterocycles. The average molecular weight is 530 g/mol. The van der Waals surface area contributed by atoms with Crippen LogP contribution >= 0.6 is 0 Å². The molecule has 0 unspecified atom stereocenters. The topological polar surface area (TPSA) is 60.4 Å². The lowest BCUT2D eigenvalue weighted by atomic mass is 9.87. The van der Waals surface area contributed by atoms with Crippen molar-refractivity contribution in [1.82, 2.24) is 0 Å². The second-order valence-electron chi connectivity index (χ2n) is 9.41. The van der Waals surface area contributed by atoms with Crippen LogP contribution in [0.3, 0.4) is 0 Å². The number of phenols is 1. The normalized spacial score (nSPS) is 11.4. The number of aromatic hydroxyl groups is 1. The van der Waals surface area contributed by atoms with Crippen LogP contribution in [0.1, 0.15) is 63.0 Å². The molecule has 0 aliphatic heterocycles. The van der Waals surface area contributed by atoms with E-state index in [1.807, 2.05) is 0 Å². The average Bonchev–Trinajstić information content (AvgIpc) is 2.68. The van der Waals surface area contributed by atoms with Crippen molar-refractivity contribution in [2.24, 2.45) is 0 Å². The summed E-state index contributed by atoms with van der Waals surface area (Å²) in [6.07, 6.45) is 0. The lowest BCUT2D eigenvalue weighted by Crippen LogP contribution is -3.61. The summed E-state index contributed by atoms with van der Waals surface area (Å²) in [4.78, 5) is 10.2. The second kappa shape index (κ2) is 10.3. The number of carbonyl (C=O) groups excluding carboxylic acids is 1. The molecule has 0 radical (unpaired) electrons. The molecule has 3 nitrogen and oxygen atoms in total. The Hall–Kier alpha value is -2.34. The number of carboxylic acids is 1. The van der Waals surface area contributed by atoms with E-state index < -0.39 is 5.97 Å². The van der Waals surface area contributed by atoms with Crippen LogP contribution in [0.5, 0.6) is 5.75 Å². The molecule has 0 aliphatic rings. The van der Waals surface area contributed by atoms with Gasteiger partial charge in [-0.3, -0.25) is 0 Å². The van der Waals surface area contributed by atoms with Crippen LogP contribution in [-0.2, 0) is 10.8 Å². The van der Waals surface area contributed by atoms with Gasteiger partial charge in [0.2, 0.25) is 0 Å². The van der Waals surface area contributed by atoms with Crippen molar-refractivity contribution in [2.75, 3.05) is 0 Å². The van der Waals surface area contributed by atoms with Crippen LogP contribution in [0.4, 0.5) is 0 Å². The smallest absolute Gasteiger partial charge is 0.357 e. The summed E-state index contributed by atoms with van der Waals surface area (Å²) in [5.74, 6) is -1.62. The number of carboxylic acid groups (broad SMARTS) is 1. The summed E-state index contributed by atoms with van der Waals surface area (Å²) in [5.41, 5.74) is 3.13. The largest absolute Gasteiger partial charge is 0.545 e. The van der Waals surface area contributed by atoms with E-state index in [0.29, 0.717) is 0 Å². The van der Waals surface area contributed by atoms with Gasteiger partial charge in [-0.1, -0.05) is 77.9 Å². The Bertz CT molecular complexity index is 937. The number of halogens is 1. The van der Waals surface area contributed by atoms with Crippen molar-refractivity contribution in [2.45, 2.75) is 52.4 Å². The SMILES string of the molecule is CC(C)(C)c1ccc([I+]c2ccc(C(C)(C)C)cc2)cc1.O=C([O-])c1ccccc1O. The Labute approximate surface area is 196 Å². The first-order valence-electron chi connectivity index (χ1n) is 10.2. The molecule has 0 saturated heterocycles. The van der Waals surface area contributed by atoms with Crippen LogP contribution in [0.2, 0.25) is 0 Å².